The second-order valence-corrected chi connectivity index (χ2v) is 7.48. The maximum Gasteiger partial charge on any atom is 0.237 e. The molecule has 146 valence electrons. The third-order valence-corrected chi connectivity index (χ3v) is 4.70. The van der Waals surface area contributed by atoms with Crippen molar-refractivity contribution in [3.8, 4) is 0 Å². The van der Waals surface area contributed by atoms with E-state index < -0.39 is 6.04 Å². The van der Waals surface area contributed by atoms with Crippen molar-refractivity contribution < 1.29 is 9.59 Å². The highest BCUT2D eigenvalue weighted by atomic mass is 35.5. The lowest BCUT2D eigenvalue weighted by Crippen LogP contribution is -2.41. The molecule has 0 aliphatic heterocycles. The van der Waals surface area contributed by atoms with Crippen molar-refractivity contribution in [3.63, 3.8) is 0 Å². The highest BCUT2D eigenvalue weighted by Crippen LogP contribution is 2.25. The smallest absolute Gasteiger partial charge is 0.237 e. The van der Waals surface area contributed by atoms with E-state index in [-0.39, 0.29) is 30.1 Å². The van der Waals surface area contributed by atoms with Crippen LogP contribution in [0.5, 0.6) is 0 Å². The van der Waals surface area contributed by atoms with Gasteiger partial charge in [-0.05, 0) is 42.9 Å². The molecule has 1 aliphatic rings. The molecule has 1 aromatic rings. The van der Waals surface area contributed by atoms with E-state index in [9.17, 15) is 9.59 Å². The van der Waals surface area contributed by atoms with Gasteiger partial charge in [-0.2, -0.15) is 0 Å². The fraction of sp³-hybridized carbons (Fsp3) is 0.600. The van der Waals surface area contributed by atoms with Crippen LogP contribution in [0.25, 0.3) is 0 Å². The Balaban J connectivity index is 0.00000338. The molecule has 0 saturated heterocycles. The first-order valence-electron chi connectivity index (χ1n) is 9.39. The predicted molar refractivity (Wildman–Crippen MR) is 108 cm³/mol. The summed E-state index contributed by atoms with van der Waals surface area (Å²) in [7, 11) is 0. The fourth-order valence-electron chi connectivity index (χ4n) is 3.30. The minimum absolute atomic E-state index is 0. The molecule has 1 aliphatic carbocycles. The molecule has 0 aromatic heterocycles. The number of hydrogen-bond acceptors (Lipinski definition) is 3. The SMILES string of the molecule is CC(C)C[C@H](N)C(=O)NCc1cccc(NC(=O)C2CCCCC2)c1.Cl. The summed E-state index contributed by atoms with van der Waals surface area (Å²) >= 11 is 0. The summed E-state index contributed by atoms with van der Waals surface area (Å²) in [5.41, 5.74) is 7.63. The fourth-order valence-corrected chi connectivity index (χ4v) is 3.30. The number of carbonyl (C=O) groups excluding carboxylic acids is 2. The monoisotopic (exact) mass is 381 g/mol. The van der Waals surface area contributed by atoms with Crippen LogP contribution in [0.4, 0.5) is 5.69 Å². The lowest BCUT2D eigenvalue weighted by Gasteiger charge is -2.21. The predicted octanol–water partition coefficient (Wildman–Crippen LogP) is 3.62. The minimum atomic E-state index is -0.478. The Hall–Kier alpha value is -1.59. The van der Waals surface area contributed by atoms with Gasteiger partial charge in [0.2, 0.25) is 11.8 Å². The van der Waals surface area contributed by atoms with Gasteiger partial charge in [-0.1, -0.05) is 45.2 Å². The molecule has 1 fully saturated rings. The molecule has 5 nitrogen and oxygen atoms in total. The van der Waals surface area contributed by atoms with E-state index in [1.165, 1.54) is 6.42 Å². The maximum atomic E-state index is 12.3. The topological polar surface area (TPSA) is 84.2 Å². The van der Waals surface area contributed by atoms with Crippen LogP contribution in [-0.4, -0.2) is 17.9 Å². The standard InChI is InChI=1S/C20H31N3O2.ClH/c1-14(2)11-18(21)20(25)22-13-15-7-6-10-17(12-15)23-19(24)16-8-4-3-5-9-16;/h6-7,10,12,14,16,18H,3-5,8-9,11,13,21H2,1-2H3,(H,22,25)(H,23,24);1H/t18-;/m0./s1. The second kappa shape index (κ2) is 11.2. The average molecular weight is 382 g/mol. The molecule has 0 spiro atoms. The van der Waals surface area contributed by atoms with Crippen molar-refractivity contribution in [2.75, 3.05) is 5.32 Å². The van der Waals surface area contributed by atoms with Crippen molar-refractivity contribution in [1.82, 2.24) is 5.32 Å². The molecule has 0 heterocycles. The van der Waals surface area contributed by atoms with Crippen molar-refractivity contribution in [2.45, 2.75) is 65.0 Å². The Bertz CT molecular complexity index is 586. The highest BCUT2D eigenvalue weighted by Gasteiger charge is 2.21. The molecular formula is C20H32ClN3O2. The van der Waals surface area contributed by atoms with Crippen LogP contribution in [0.15, 0.2) is 24.3 Å². The van der Waals surface area contributed by atoms with E-state index in [2.05, 4.69) is 10.6 Å². The summed E-state index contributed by atoms with van der Waals surface area (Å²) in [6.07, 6.45) is 6.15. The van der Waals surface area contributed by atoms with Gasteiger partial charge in [0.1, 0.15) is 0 Å². The first-order valence-corrected chi connectivity index (χ1v) is 9.39. The molecule has 0 unspecified atom stereocenters. The van der Waals surface area contributed by atoms with Crippen LogP contribution < -0.4 is 16.4 Å². The molecular weight excluding hydrogens is 350 g/mol. The number of halogens is 1. The van der Waals surface area contributed by atoms with Crippen molar-refractivity contribution in [2.24, 2.45) is 17.6 Å². The van der Waals surface area contributed by atoms with E-state index in [1.807, 2.05) is 38.1 Å². The van der Waals surface area contributed by atoms with Gasteiger partial charge in [0.15, 0.2) is 0 Å². The molecule has 4 N–H and O–H groups in total. The quantitative estimate of drug-likeness (QED) is 0.674. The first-order chi connectivity index (χ1) is 12.0. The van der Waals surface area contributed by atoms with Gasteiger partial charge in [-0.15, -0.1) is 12.4 Å². The van der Waals surface area contributed by atoms with Crippen LogP contribution in [0.3, 0.4) is 0 Å². The van der Waals surface area contributed by atoms with E-state index >= 15 is 0 Å². The number of nitrogens with one attached hydrogen (secondary N) is 2. The van der Waals surface area contributed by atoms with Crippen LogP contribution in [0, 0.1) is 11.8 Å². The van der Waals surface area contributed by atoms with Crippen molar-refractivity contribution in [3.05, 3.63) is 29.8 Å². The normalized spacial score (nSPS) is 15.8. The van der Waals surface area contributed by atoms with Gasteiger partial charge < -0.3 is 16.4 Å². The van der Waals surface area contributed by atoms with Gasteiger partial charge >= 0.3 is 0 Å². The zero-order chi connectivity index (χ0) is 18.2. The Morgan fingerprint density at radius 3 is 2.54 bits per heavy atom. The maximum absolute atomic E-state index is 12.3. The zero-order valence-corrected chi connectivity index (χ0v) is 16.6. The third-order valence-electron chi connectivity index (χ3n) is 4.70. The largest absolute Gasteiger partial charge is 0.351 e. The van der Waals surface area contributed by atoms with Crippen LogP contribution in [0.2, 0.25) is 0 Å². The van der Waals surface area contributed by atoms with Crippen LogP contribution in [0.1, 0.15) is 57.9 Å². The summed E-state index contributed by atoms with van der Waals surface area (Å²) < 4.78 is 0. The number of anilines is 1. The van der Waals surface area contributed by atoms with E-state index in [4.69, 9.17) is 5.73 Å². The number of rotatable bonds is 7. The number of hydrogen-bond donors (Lipinski definition) is 3. The summed E-state index contributed by atoms with van der Waals surface area (Å²) in [5.74, 6) is 0.496. The zero-order valence-electron chi connectivity index (χ0n) is 15.8. The van der Waals surface area contributed by atoms with Gasteiger partial charge in [0.25, 0.3) is 0 Å². The molecule has 6 heteroatoms. The molecule has 2 rings (SSSR count). The summed E-state index contributed by atoms with van der Waals surface area (Å²) in [4.78, 5) is 24.4. The molecule has 26 heavy (non-hydrogen) atoms. The van der Waals surface area contributed by atoms with E-state index in [0.717, 1.165) is 36.9 Å². The second-order valence-electron chi connectivity index (χ2n) is 7.48. The number of amides is 2. The first kappa shape index (κ1) is 22.5. The third kappa shape index (κ3) is 7.34. The summed E-state index contributed by atoms with van der Waals surface area (Å²) in [6.45, 7) is 4.51. The minimum Gasteiger partial charge on any atom is -0.351 e. The number of nitrogens with two attached hydrogens (primary N) is 1. The average Bonchev–Trinajstić information content (AvgIpc) is 2.60. The van der Waals surface area contributed by atoms with Gasteiger partial charge in [-0.25, -0.2) is 0 Å². The van der Waals surface area contributed by atoms with Crippen molar-refractivity contribution in [1.29, 1.82) is 0 Å². The lowest BCUT2D eigenvalue weighted by atomic mass is 9.88. The van der Waals surface area contributed by atoms with Crippen molar-refractivity contribution >= 4 is 29.9 Å². The summed E-state index contributed by atoms with van der Waals surface area (Å²) in [5, 5.41) is 5.88. The Kier molecular flexibility index (Phi) is 9.66. The molecule has 1 atom stereocenters. The van der Waals surface area contributed by atoms with Crippen LogP contribution >= 0.6 is 12.4 Å². The molecule has 1 aromatic carbocycles. The molecule has 2 amide bonds. The molecule has 0 radical (unpaired) electrons. The van der Waals surface area contributed by atoms with Crippen LogP contribution in [-0.2, 0) is 16.1 Å². The number of benzene rings is 1. The van der Waals surface area contributed by atoms with Gasteiger partial charge in [0.05, 0.1) is 6.04 Å². The molecule has 1 saturated carbocycles. The Morgan fingerprint density at radius 1 is 1.19 bits per heavy atom. The van der Waals surface area contributed by atoms with E-state index in [0.29, 0.717) is 18.9 Å². The Morgan fingerprint density at radius 2 is 1.88 bits per heavy atom. The van der Waals surface area contributed by atoms with Gasteiger partial charge in [-0.3, -0.25) is 9.59 Å². The number of carbonyl (C=O) groups is 2. The lowest BCUT2D eigenvalue weighted by molar-refractivity contribution is -0.123. The molecule has 0 bridgehead atoms. The van der Waals surface area contributed by atoms with Gasteiger partial charge in [0, 0.05) is 18.2 Å². The van der Waals surface area contributed by atoms with E-state index in [1.54, 1.807) is 0 Å². The highest BCUT2D eigenvalue weighted by molar-refractivity contribution is 5.92. The Labute approximate surface area is 162 Å². The summed E-state index contributed by atoms with van der Waals surface area (Å²) in [6, 6.07) is 7.15.